The zero-order valence-corrected chi connectivity index (χ0v) is 15.7. The molecule has 0 bridgehead atoms. The van der Waals surface area contributed by atoms with E-state index < -0.39 is 5.97 Å². The van der Waals surface area contributed by atoms with E-state index in [1.54, 1.807) is 12.1 Å². The van der Waals surface area contributed by atoms with E-state index in [2.05, 4.69) is 20.6 Å². The molecule has 0 aliphatic heterocycles. The van der Waals surface area contributed by atoms with E-state index in [4.69, 9.17) is 5.11 Å². The average molecular weight is 388 g/mol. The summed E-state index contributed by atoms with van der Waals surface area (Å²) < 4.78 is 0. The van der Waals surface area contributed by atoms with Gasteiger partial charge in [-0.25, -0.2) is 9.97 Å². The normalized spacial score (nSPS) is 10.5. The van der Waals surface area contributed by atoms with Crippen molar-refractivity contribution in [2.24, 2.45) is 0 Å². The number of carbonyl (C=O) groups is 2. The lowest BCUT2D eigenvalue weighted by molar-refractivity contribution is -0.136. The molecule has 0 saturated heterocycles. The summed E-state index contributed by atoms with van der Waals surface area (Å²) in [7, 11) is 0. The van der Waals surface area contributed by atoms with Crippen molar-refractivity contribution >= 4 is 50.5 Å². The topological polar surface area (TPSA) is 104 Å². The van der Waals surface area contributed by atoms with Crippen molar-refractivity contribution in [2.45, 2.75) is 20.3 Å². The monoisotopic (exact) mass is 388 g/mol. The predicted octanol–water partition coefficient (Wildman–Crippen LogP) is 3.90. The van der Waals surface area contributed by atoms with E-state index in [9.17, 15) is 9.59 Å². The SMILES string of the molecule is CC(=O)Nc1nc(C)c(-c2csc(Nc3ccc(CC(=O)O)cc3)n2)s1. The Labute approximate surface area is 157 Å². The Morgan fingerprint density at radius 3 is 2.54 bits per heavy atom. The van der Waals surface area contributed by atoms with Gasteiger partial charge in [0.05, 0.1) is 22.7 Å². The molecule has 2 heterocycles. The molecule has 0 saturated carbocycles. The summed E-state index contributed by atoms with van der Waals surface area (Å²) in [6.07, 6.45) is 0.00294. The molecule has 3 aromatic rings. The number of aryl methyl sites for hydroxylation is 1. The van der Waals surface area contributed by atoms with Gasteiger partial charge in [0.1, 0.15) is 0 Å². The van der Waals surface area contributed by atoms with E-state index in [-0.39, 0.29) is 12.3 Å². The maximum absolute atomic E-state index is 11.2. The van der Waals surface area contributed by atoms with Gasteiger partial charge >= 0.3 is 5.97 Å². The molecular formula is C17H16N4O3S2. The lowest BCUT2D eigenvalue weighted by Gasteiger charge is -2.03. The molecule has 0 atom stereocenters. The molecule has 0 unspecified atom stereocenters. The van der Waals surface area contributed by atoms with Crippen LogP contribution >= 0.6 is 22.7 Å². The van der Waals surface area contributed by atoms with Gasteiger partial charge in [0, 0.05) is 18.0 Å². The summed E-state index contributed by atoms with van der Waals surface area (Å²) in [4.78, 5) is 31.7. The number of thiazole rings is 2. The molecule has 0 radical (unpaired) electrons. The minimum Gasteiger partial charge on any atom is -0.481 e. The minimum atomic E-state index is -0.853. The number of aliphatic carboxylic acids is 1. The number of aromatic nitrogens is 2. The van der Waals surface area contributed by atoms with Crippen molar-refractivity contribution in [3.05, 3.63) is 40.9 Å². The molecule has 0 aliphatic rings. The van der Waals surface area contributed by atoms with Crippen molar-refractivity contribution in [1.82, 2.24) is 9.97 Å². The van der Waals surface area contributed by atoms with Gasteiger partial charge in [-0.15, -0.1) is 11.3 Å². The molecule has 0 fully saturated rings. The summed E-state index contributed by atoms with van der Waals surface area (Å²) in [5.74, 6) is -1.01. The zero-order valence-electron chi connectivity index (χ0n) is 14.1. The molecule has 134 valence electrons. The van der Waals surface area contributed by atoms with Gasteiger partial charge in [-0.2, -0.15) is 0 Å². The van der Waals surface area contributed by atoms with E-state index >= 15 is 0 Å². The molecule has 7 nitrogen and oxygen atoms in total. The second kappa shape index (κ2) is 7.63. The van der Waals surface area contributed by atoms with Crippen molar-refractivity contribution in [1.29, 1.82) is 0 Å². The Balaban J connectivity index is 1.73. The smallest absolute Gasteiger partial charge is 0.307 e. The Morgan fingerprint density at radius 1 is 1.15 bits per heavy atom. The molecular weight excluding hydrogens is 372 g/mol. The Morgan fingerprint density at radius 2 is 1.88 bits per heavy atom. The number of anilines is 3. The van der Waals surface area contributed by atoms with Crippen LogP contribution in [-0.2, 0) is 16.0 Å². The quantitative estimate of drug-likeness (QED) is 0.591. The first kappa shape index (κ1) is 18.0. The van der Waals surface area contributed by atoms with Crippen LogP contribution in [0, 0.1) is 6.92 Å². The van der Waals surface area contributed by atoms with Gasteiger partial charge in [-0.3, -0.25) is 9.59 Å². The molecule has 26 heavy (non-hydrogen) atoms. The number of nitrogens with one attached hydrogen (secondary N) is 2. The third-order valence-electron chi connectivity index (χ3n) is 3.38. The highest BCUT2D eigenvalue weighted by Crippen LogP contribution is 2.35. The van der Waals surface area contributed by atoms with Crippen LogP contribution in [0.5, 0.6) is 0 Å². The first-order valence-corrected chi connectivity index (χ1v) is 9.39. The second-order valence-corrected chi connectivity index (χ2v) is 7.40. The third kappa shape index (κ3) is 4.44. The number of hydrogen-bond donors (Lipinski definition) is 3. The summed E-state index contributed by atoms with van der Waals surface area (Å²) in [6.45, 7) is 3.33. The molecule has 1 amide bonds. The van der Waals surface area contributed by atoms with Crippen LogP contribution in [0.15, 0.2) is 29.6 Å². The van der Waals surface area contributed by atoms with E-state index in [0.29, 0.717) is 5.13 Å². The maximum atomic E-state index is 11.2. The number of nitrogens with zero attached hydrogens (tertiary/aromatic N) is 2. The molecule has 1 aromatic carbocycles. The molecule has 0 aliphatic carbocycles. The minimum absolute atomic E-state index is 0.00294. The lowest BCUT2D eigenvalue weighted by Crippen LogP contribution is -2.04. The highest BCUT2D eigenvalue weighted by Gasteiger charge is 2.14. The van der Waals surface area contributed by atoms with E-state index in [0.717, 1.165) is 32.6 Å². The fourth-order valence-corrected chi connectivity index (χ4v) is 4.05. The second-order valence-electron chi connectivity index (χ2n) is 5.55. The van der Waals surface area contributed by atoms with E-state index in [1.807, 2.05) is 24.4 Å². The average Bonchev–Trinajstić information content (AvgIpc) is 3.14. The first-order valence-electron chi connectivity index (χ1n) is 7.69. The zero-order chi connectivity index (χ0) is 18.7. The molecule has 2 aromatic heterocycles. The van der Waals surface area contributed by atoms with Gasteiger partial charge in [0.2, 0.25) is 5.91 Å². The fraction of sp³-hybridized carbons (Fsp3) is 0.176. The van der Waals surface area contributed by atoms with Crippen LogP contribution in [0.2, 0.25) is 0 Å². The highest BCUT2D eigenvalue weighted by atomic mass is 32.1. The number of benzene rings is 1. The van der Waals surface area contributed by atoms with Crippen LogP contribution < -0.4 is 10.6 Å². The van der Waals surface area contributed by atoms with Crippen molar-refractivity contribution in [2.75, 3.05) is 10.6 Å². The Bertz CT molecular complexity index is 947. The number of carboxylic acids is 1. The van der Waals surface area contributed by atoms with Gasteiger partial charge in [-0.1, -0.05) is 23.5 Å². The largest absolute Gasteiger partial charge is 0.481 e. The van der Waals surface area contributed by atoms with Crippen molar-refractivity contribution in [3.8, 4) is 10.6 Å². The maximum Gasteiger partial charge on any atom is 0.307 e. The Kier molecular flexibility index (Phi) is 5.29. The molecule has 9 heteroatoms. The number of hydrogen-bond acceptors (Lipinski definition) is 7. The van der Waals surface area contributed by atoms with Crippen molar-refractivity contribution < 1.29 is 14.7 Å². The summed E-state index contributed by atoms with van der Waals surface area (Å²) >= 11 is 2.85. The number of amides is 1. The number of rotatable bonds is 6. The standard InChI is InChI=1S/C17H16N4O3S2/c1-9-15(26-17(18-9)19-10(2)22)13-8-25-16(21-13)20-12-5-3-11(4-6-12)7-14(23)24/h3-6,8H,7H2,1-2H3,(H,20,21)(H,23,24)(H,18,19,22). The van der Waals surface area contributed by atoms with Crippen LogP contribution in [0.3, 0.4) is 0 Å². The highest BCUT2D eigenvalue weighted by molar-refractivity contribution is 7.20. The summed E-state index contributed by atoms with van der Waals surface area (Å²) in [6, 6.07) is 7.20. The summed E-state index contributed by atoms with van der Waals surface area (Å²) in [5, 5.41) is 17.9. The van der Waals surface area contributed by atoms with Gasteiger partial charge in [-0.05, 0) is 24.6 Å². The number of carboxylic acid groups (broad SMARTS) is 1. The molecule has 3 N–H and O–H groups in total. The summed E-state index contributed by atoms with van der Waals surface area (Å²) in [5.41, 5.74) is 3.19. The van der Waals surface area contributed by atoms with Crippen LogP contribution in [0.25, 0.3) is 10.6 Å². The lowest BCUT2D eigenvalue weighted by atomic mass is 10.1. The Hall–Kier alpha value is -2.78. The van der Waals surface area contributed by atoms with Gasteiger partial charge < -0.3 is 15.7 Å². The molecule has 3 rings (SSSR count). The van der Waals surface area contributed by atoms with E-state index in [1.165, 1.54) is 29.6 Å². The number of carbonyl (C=O) groups excluding carboxylic acids is 1. The predicted molar refractivity (Wildman–Crippen MR) is 103 cm³/mol. The fourth-order valence-electron chi connectivity index (χ4n) is 2.28. The van der Waals surface area contributed by atoms with Crippen LogP contribution in [0.1, 0.15) is 18.2 Å². The molecule has 0 spiro atoms. The van der Waals surface area contributed by atoms with Crippen LogP contribution in [-0.4, -0.2) is 27.0 Å². The third-order valence-corrected chi connectivity index (χ3v) is 5.23. The first-order chi connectivity index (χ1) is 12.4. The van der Waals surface area contributed by atoms with Crippen LogP contribution in [0.4, 0.5) is 16.0 Å². The van der Waals surface area contributed by atoms with Crippen molar-refractivity contribution in [3.63, 3.8) is 0 Å². The van der Waals surface area contributed by atoms with Gasteiger partial charge in [0.25, 0.3) is 0 Å². The van der Waals surface area contributed by atoms with Gasteiger partial charge in [0.15, 0.2) is 10.3 Å².